The molecule has 0 aromatic heterocycles. The first-order valence-corrected chi connectivity index (χ1v) is 49.6. The zero-order valence-corrected chi connectivity index (χ0v) is 91.2. The van der Waals surface area contributed by atoms with E-state index in [1.807, 2.05) is 171 Å². The van der Waals surface area contributed by atoms with Gasteiger partial charge in [-0.15, -0.1) is 0 Å². The molecule has 9 amide bonds. The van der Waals surface area contributed by atoms with E-state index in [2.05, 4.69) is 48.3 Å². The summed E-state index contributed by atoms with van der Waals surface area (Å²) in [6.07, 6.45) is 1.97. The molecule has 4 rings (SSSR count). The molecular weight excluding hydrogens is 1780 g/mol. The Morgan fingerprint density at radius 2 is 0.928 bits per heavy atom. The summed E-state index contributed by atoms with van der Waals surface area (Å²) in [4.78, 5) is 186. The van der Waals surface area contributed by atoms with Gasteiger partial charge in [0.1, 0.15) is 35.9 Å². The Morgan fingerprint density at radius 1 is 0.504 bits per heavy atom. The molecule has 0 spiro atoms. The Kier molecular flexibility index (Phi) is 59.2. The monoisotopic (exact) mass is 1970 g/mol. The number of ketones is 1. The summed E-state index contributed by atoms with van der Waals surface area (Å²) in [7, 11) is 18.7. The first-order valence-electron chi connectivity index (χ1n) is 49.6. The van der Waals surface area contributed by atoms with Gasteiger partial charge >= 0.3 is 30.1 Å². The number of methoxy groups -OCH3 is 6. The van der Waals surface area contributed by atoms with E-state index in [0.29, 0.717) is 57.7 Å². The van der Waals surface area contributed by atoms with Gasteiger partial charge < -0.3 is 88.8 Å². The molecule has 19 atom stereocenters. The summed E-state index contributed by atoms with van der Waals surface area (Å²) < 4.78 is 44.3. The molecule has 798 valence electrons. The summed E-state index contributed by atoms with van der Waals surface area (Å²) in [5.41, 5.74) is 7.02. The van der Waals surface area contributed by atoms with Crippen molar-refractivity contribution in [3.8, 4) is 0 Å². The number of nitrogens with zero attached hydrogens (tertiary/aromatic N) is 8. The lowest BCUT2D eigenvalue weighted by Crippen LogP contribution is -2.56. The highest BCUT2D eigenvalue weighted by Gasteiger charge is 2.48. The van der Waals surface area contributed by atoms with Crippen molar-refractivity contribution in [3.05, 3.63) is 71.8 Å². The van der Waals surface area contributed by atoms with E-state index in [1.165, 1.54) is 58.0 Å². The molecule has 5 N–H and O–H groups in total. The van der Waals surface area contributed by atoms with Crippen LogP contribution in [0, 0.1) is 72.0 Å². The van der Waals surface area contributed by atoms with E-state index in [9.17, 15) is 67.4 Å². The van der Waals surface area contributed by atoms with Crippen molar-refractivity contribution in [1.29, 1.82) is 0 Å². The van der Waals surface area contributed by atoms with Crippen LogP contribution in [0.1, 0.15) is 255 Å². The number of rotatable bonds is 49. The minimum Gasteiger partial charge on any atom is -0.480 e. The number of aliphatic carboxylic acids is 1. The number of hydrogen-bond acceptors (Lipinski definition) is 23. The highest BCUT2D eigenvalue weighted by Crippen LogP contribution is 2.35. The van der Waals surface area contributed by atoms with Crippen LogP contribution in [0.15, 0.2) is 60.7 Å². The first-order chi connectivity index (χ1) is 64.2. The normalized spacial score (nSPS) is 17.5. The fourth-order valence-corrected chi connectivity index (χ4v) is 18.3. The predicted octanol–water partition coefficient (Wildman–Crippen LogP) is 13.9. The smallest absolute Gasteiger partial charge is 0.410 e. The van der Waals surface area contributed by atoms with Crippen LogP contribution in [0.3, 0.4) is 0 Å². The second-order valence-corrected chi connectivity index (χ2v) is 41.9. The maximum absolute atomic E-state index is 14.8. The fourth-order valence-electron chi connectivity index (χ4n) is 18.3. The van der Waals surface area contributed by atoms with Crippen LogP contribution in [0.4, 0.5) is 9.59 Å². The highest BCUT2D eigenvalue weighted by atomic mass is 16.6. The van der Waals surface area contributed by atoms with Crippen molar-refractivity contribution in [1.82, 2.24) is 49.8 Å². The maximum atomic E-state index is 14.8. The van der Waals surface area contributed by atoms with Crippen LogP contribution < -0.4 is 16.4 Å². The van der Waals surface area contributed by atoms with Gasteiger partial charge in [0.25, 0.3) is 0 Å². The van der Waals surface area contributed by atoms with Crippen LogP contribution in [0.25, 0.3) is 0 Å². The average molecular weight is 1970 g/mol. The van der Waals surface area contributed by atoms with Gasteiger partial charge in [0, 0.05) is 108 Å². The van der Waals surface area contributed by atoms with Gasteiger partial charge in [-0.25, -0.2) is 14.4 Å². The number of nitrogens with one attached hydrogen (secondary N) is 2. The fraction of sp³-hybridized carbons (Fsp3) is 0.764. The predicted molar refractivity (Wildman–Crippen MR) is 545 cm³/mol. The molecule has 2 aromatic rings. The molecule has 2 fully saturated rings. The van der Waals surface area contributed by atoms with Crippen molar-refractivity contribution in [2.45, 2.75) is 354 Å². The summed E-state index contributed by atoms with van der Waals surface area (Å²) in [5, 5.41) is 14.9. The number of esters is 2. The molecule has 2 saturated heterocycles. The number of hydrogen-bond donors (Lipinski definition) is 4. The summed E-state index contributed by atoms with van der Waals surface area (Å²) in [6.45, 7) is 48.9. The van der Waals surface area contributed by atoms with Gasteiger partial charge in [-0.2, -0.15) is 0 Å². The van der Waals surface area contributed by atoms with Crippen LogP contribution in [-0.2, 0) is 97.1 Å². The molecular formula is C106H187N11O22. The highest BCUT2D eigenvalue weighted by molar-refractivity contribution is 5.95. The third kappa shape index (κ3) is 42.3. The molecule has 0 radical (unpaired) electrons. The van der Waals surface area contributed by atoms with E-state index < -0.39 is 126 Å². The first kappa shape index (κ1) is 130. The van der Waals surface area contributed by atoms with Gasteiger partial charge in [0.05, 0.1) is 99.6 Å². The SMILES string of the molecule is C.CC(C)C[C@@H](CN(C)[C@H](C(=O)O)C(C)C)N(C)C(=O)OC(C)(C)C.CC[C@H](C)[C@@H]([C@@H](CC(=O)N1CCC[C@H]1[C@H](OC)[C@@H](C)C(=O)NCC(=O)OC)OC)N(C)C(=O)[C@@H](N)C(C)C.CC[C@H](C)[C@@H]([C@@H](CC(=O)N1CCC[C@H]1[C@H](OC)[C@@H](C)C(=O)N[C@@H](Cc1ccccc1)C(=O)OC)OC)N(C)C(=O)[C@@H](CC(=O)[C@H](C(C)C)N(C)C(=O)[C@H](CC(C)C)N(C)C(=O)OC(C)(C)C)C(C)C.Cc1ccccc1. The Labute approximate surface area is 835 Å². The zero-order valence-electron chi connectivity index (χ0n) is 91.2. The third-order valence-electron chi connectivity index (χ3n) is 26.4. The van der Waals surface area contributed by atoms with E-state index in [0.717, 1.165) is 24.8 Å². The second-order valence-electron chi connectivity index (χ2n) is 41.9. The molecule has 139 heavy (non-hydrogen) atoms. The molecule has 0 aliphatic carbocycles. The van der Waals surface area contributed by atoms with E-state index in [1.54, 1.807) is 101 Å². The topological polar surface area (TPSA) is 392 Å². The molecule has 2 aliphatic heterocycles. The summed E-state index contributed by atoms with van der Waals surface area (Å²) in [5.74, 6) is -6.46. The number of ether oxygens (including phenoxy) is 8. The minimum atomic E-state index is -0.923. The number of Topliss-reactive ketones (excluding diaryl/α,β-unsaturated/α-hetero) is 1. The number of aryl methyl sites for hydroxylation is 1. The Morgan fingerprint density at radius 3 is 1.29 bits per heavy atom. The van der Waals surface area contributed by atoms with Crippen molar-refractivity contribution in [2.24, 2.45) is 70.8 Å². The number of benzene rings is 2. The van der Waals surface area contributed by atoms with Crippen LogP contribution >= 0.6 is 0 Å². The lowest BCUT2D eigenvalue weighted by Gasteiger charge is -2.41. The largest absolute Gasteiger partial charge is 0.480 e. The number of nitrogens with two attached hydrogens (primary N) is 1. The lowest BCUT2D eigenvalue weighted by atomic mass is 9.83. The number of carbonyl (C=O) groups is 13. The number of likely N-dealkylation sites (N-methyl/N-ethyl adjacent to an activating group) is 6. The standard InChI is InChI=1S/C53H89N5O11.C27H50N4O7.C18H36N2O4.C7H8.CH4/c1-19-35(8)46(43(66-16)31-44(60)58-27-23-26-40(58)47(67-17)36(9)48(61)54-39(51(64)68-18)29-37-24-21-20-22-25-37)57(15)49(62)38(33(4)5)30-42(59)45(34(6)7)56(14)50(63)41(28-32(2)3)55(13)52(65)69-53(10,11)12;1-10-17(4)24(30(6)27(35)23(28)16(2)3)20(36-7)14-21(32)31-13-11-12-19(31)25(38-9)18(5)26(34)29-15-22(33)37-8;1-12(2)10-14(20(9)17(23)24-18(5,6)7)11-19(8)15(13(3)4)16(21)22;1-7-5-3-2-4-6-7;/h20-22,24-25,32-36,38-41,43,45-47H,19,23,26-31H2,1-18H3,(H,54,61);16-20,23-25H,10-15,28H2,1-9H3,(H,29,34);12-15H,10-11H2,1-9H3,(H,21,22);2-6H,1H3;1H4/t35-,36+,38-,39-,40-,41-,43+,45-,46-,47+;17-,18+,19-,20+,23-,24-,25+;14-,15-;;/m000../s1. The van der Waals surface area contributed by atoms with Gasteiger partial charge in [0.15, 0.2) is 5.78 Å². The maximum Gasteiger partial charge on any atom is 0.410 e. The number of carboxylic acid groups (broad SMARTS) is 1. The van der Waals surface area contributed by atoms with Crippen molar-refractivity contribution < 1.29 is 105 Å². The third-order valence-corrected chi connectivity index (χ3v) is 26.4. The van der Waals surface area contributed by atoms with Gasteiger partial charge in [-0.3, -0.25) is 57.7 Å². The molecule has 0 bridgehead atoms. The van der Waals surface area contributed by atoms with E-state index in [-0.39, 0.29) is 147 Å². The van der Waals surface area contributed by atoms with Crippen LogP contribution in [-0.4, -0.2) is 329 Å². The van der Waals surface area contributed by atoms with Crippen molar-refractivity contribution in [3.63, 3.8) is 0 Å². The molecule has 33 nitrogen and oxygen atoms in total. The second kappa shape index (κ2) is 63.2. The van der Waals surface area contributed by atoms with E-state index in [4.69, 9.17) is 38.9 Å². The Bertz CT molecular complexity index is 4030. The van der Waals surface area contributed by atoms with Gasteiger partial charge in [-0.05, 0) is 147 Å². The van der Waals surface area contributed by atoms with Crippen molar-refractivity contribution >= 4 is 77.2 Å². The molecule has 0 unspecified atom stereocenters. The van der Waals surface area contributed by atoms with Crippen LogP contribution in [0.5, 0.6) is 0 Å². The Balaban J connectivity index is 0.00000225. The number of likely N-dealkylation sites (tertiary alicyclic amines) is 2. The molecule has 2 aliphatic rings. The molecule has 2 heterocycles. The number of carboxylic acids is 1. The van der Waals surface area contributed by atoms with Gasteiger partial charge in [-0.1, -0.05) is 211 Å². The molecule has 33 heteroatoms. The zero-order chi connectivity index (χ0) is 106. The number of carbonyl (C=O) groups excluding carboxylic acids is 12. The molecule has 0 saturated carbocycles. The quantitative estimate of drug-likeness (QED) is 0.0353. The minimum absolute atomic E-state index is 0. The Hall–Kier alpha value is -8.89. The summed E-state index contributed by atoms with van der Waals surface area (Å²) >= 11 is 0. The lowest BCUT2D eigenvalue weighted by molar-refractivity contribution is -0.150. The van der Waals surface area contributed by atoms with Gasteiger partial charge in [0.2, 0.25) is 41.4 Å². The van der Waals surface area contributed by atoms with Crippen LogP contribution in [0.2, 0.25) is 0 Å². The van der Waals surface area contributed by atoms with E-state index >= 15 is 0 Å². The molecule has 2 aromatic carbocycles. The average Bonchev–Trinajstić information content (AvgIpc) is 1.80. The number of amides is 9. The summed E-state index contributed by atoms with van der Waals surface area (Å²) in [6, 6.07) is 13.9. The van der Waals surface area contributed by atoms with Crippen molar-refractivity contribution in [2.75, 3.05) is 111 Å².